The lowest BCUT2D eigenvalue weighted by Crippen LogP contribution is -2.73. The van der Waals surface area contributed by atoms with Crippen molar-refractivity contribution in [2.75, 3.05) is 7.05 Å². The highest BCUT2D eigenvalue weighted by Gasteiger charge is 2.11. The summed E-state index contributed by atoms with van der Waals surface area (Å²) in [5, 5.41) is 2.75. The predicted molar refractivity (Wildman–Crippen MR) is 79.2 cm³/mol. The van der Waals surface area contributed by atoms with E-state index < -0.39 is 0 Å². The molecule has 0 amide bonds. The van der Waals surface area contributed by atoms with Gasteiger partial charge in [0.05, 0.1) is 12.6 Å². The SMILES string of the molecule is C=C(Cl)c1cc(-c2ccc(Cl)cc2F)ccc1[NH2+]C. The van der Waals surface area contributed by atoms with Crippen molar-refractivity contribution in [3.63, 3.8) is 0 Å². The molecule has 0 aliphatic carbocycles. The van der Waals surface area contributed by atoms with Crippen LogP contribution in [0, 0.1) is 5.82 Å². The fraction of sp³-hybridized carbons (Fsp3) is 0.0667. The average Bonchev–Trinajstić information content (AvgIpc) is 2.38. The lowest BCUT2D eigenvalue weighted by molar-refractivity contribution is -0.539. The number of nitrogens with two attached hydrogens (primary N) is 1. The van der Waals surface area contributed by atoms with Gasteiger partial charge in [-0.05, 0) is 35.9 Å². The molecule has 0 saturated heterocycles. The van der Waals surface area contributed by atoms with Crippen molar-refractivity contribution in [3.05, 3.63) is 59.4 Å². The summed E-state index contributed by atoms with van der Waals surface area (Å²) in [5.41, 5.74) is 3.01. The molecule has 19 heavy (non-hydrogen) atoms. The maximum atomic E-state index is 13.9. The molecule has 0 unspecified atom stereocenters. The minimum absolute atomic E-state index is 0.355. The maximum Gasteiger partial charge on any atom is 0.138 e. The molecular formula is C15H13Cl2FN+. The first kappa shape index (κ1) is 14.1. The number of rotatable bonds is 3. The fourth-order valence-corrected chi connectivity index (χ4v) is 2.26. The Kier molecular flexibility index (Phi) is 4.25. The van der Waals surface area contributed by atoms with E-state index in [-0.39, 0.29) is 5.82 Å². The summed E-state index contributed by atoms with van der Waals surface area (Å²) in [4.78, 5) is 0. The van der Waals surface area contributed by atoms with Crippen molar-refractivity contribution in [2.24, 2.45) is 0 Å². The van der Waals surface area contributed by atoms with Crippen LogP contribution < -0.4 is 5.32 Å². The highest BCUT2D eigenvalue weighted by molar-refractivity contribution is 6.48. The molecule has 4 heteroatoms. The van der Waals surface area contributed by atoms with E-state index in [0.29, 0.717) is 15.6 Å². The zero-order valence-electron chi connectivity index (χ0n) is 10.4. The van der Waals surface area contributed by atoms with Crippen LogP contribution >= 0.6 is 23.2 Å². The van der Waals surface area contributed by atoms with Crippen molar-refractivity contribution in [3.8, 4) is 11.1 Å². The molecule has 0 aromatic heterocycles. The van der Waals surface area contributed by atoms with Crippen molar-refractivity contribution in [2.45, 2.75) is 0 Å². The van der Waals surface area contributed by atoms with Gasteiger partial charge in [-0.15, -0.1) is 0 Å². The first-order valence-corrected chi connectivity index (χ1v) is 6.52. The van der Waals surface area contributed by atoms with E-state index in [1.807, 2.05) is 30.6 Å². The van der Waals surface area contributed by atoms with Crippen LogP contribution in [-0.2, 0) is 0 Å². The van der Waals surface area contributed by atoms with E-state index in [1.165, 1.54) is 6.07 Å². The molecule has 0 heterocycles. The van der Waals surface area contributed by atoms with Gasteiger partial charge >= 0.3 is 0 Å². The molecule has 1 nitrogen and oxygen atoms in total. The van der Waals surface area contributed by atoms with Gasteiger partial charge in [0, 0.05) is 21.7 Å². The van der Waals surface area contributed by atoms with Crippen LogP contribution in [0.2, 0.25) is 5.02 Å². The van der Waals surface area contributed by atoms with Gasteiger partial charge in [0.2, 0.25) is 0 Å². The molecule has 0 atom stereocenters. The second-order valence-electron chi connectivity index (χ2n) is 4.12. The normalized spacial score (nSPS) is 10.5. The molecule has 0 aliphatic heterocycles. The Morgan fingerprint density at radius 1 is 1.21 bits per heavy atom. The van der Waals surface area contributed by atoms with Crippen molar-refractivity contribution in [1.82, 2.24) is 0 Å². The van der Waals surface area contributed by atoms with Crippen LogP contribution in [0.4, 0.5) is 10.1 Å². The van der Waals surface area contributed by atoms with Gasteiger partial charge in [0.1, 0.15) is 11.5 Å². The lowest BCUT2D eigenvalue weighted by atomic mass is 10.0. The number of benzene rings is 2. The lowest BCUT2D eigenvalue weighted by Gasteiger charge is -2.08. The van der Waals surface area contributed by atoms with Crippen LogP contribution in [0.1, 0.15) is 5.56 Å². The number of hydrogen-bond donors (Lipinski definition) is 1. The summed E-state index contributed by atoms with van der Waals surface area (Å²) in [6.07, 6.45) is 0. The third-order valence-electron chi connectivity index (χ3n) is 2.90. The Morgan fingerprint density at radius 2 is 1.95 bits per heavy atom. The van der Waals surface area contributed by atoms with Gasteiger partial charge in [0.25, 0.3) is 0 Å². The Hall–Kier alpha value is -1.35. The molecule has 2 rings (SSSR count). The van der Waals surface area contributed by atoms with Gasteiger partial charge < -0.3 is 5.32 Å². The summed E-state index contributed by atoms with van der Waals surface area (Å²) < 4.78 is 13.9. The van der Waals surface area contributed by atoms with Gasteiger partial charge in [-0.1, -0.05) is 29.8 Å². The van der Waals surface area contributed by atoms with Crippen LogP contribution in [-0.4, -0.2) is 7.05 Å². The molecule has 2 aromatic carbocycles. The van der Waals surface area contributed by atoms with E-state index >= 15 is 0 Å². The number of hydrogen-bond acceptors (Lipinski definition) is 0. The fourth-order valence-electron chi connectivity index (χ4n) is 1.93. The Labute approximate surface area is 121 Å². The van der Waals surface area contributed by atoms with Crippen molar-refractivity contribution in [1.29, 1.82) is 0 Å². The summed E-state index contributed by atoms with van der Waals surface area (Å²) >= 11 is 11.7. The smallest absolute Gasteiger partial charge is 0.138 e. The van der Waals surface area contributed by atoms with Gasteiger partial charge in [-0.25, -0.2) is 4.39 Å². The summed E-state index contributed by atoms with van der Waals surface area (Å²) in [7, 11) is 1.92. The van der Waals surface area contributed by atoms with E-state index in [4.69, 9.17) is 23.2 Å². The first-order valence-electron chi connectivity index (χ1n) is 5.76. The molecule has 2 aromatic rings. The molecule has 0 fully saturated rings. The van der Waals surface area contributed by atoms with Crippen LogP contribution in [0.3, 0.4) is 0 Å². The standard InChI is InChI=1S/C15H12Cl2FN/c1-9(16)13-7-10(3-6-15(13)19-2)12-5-4-11(17)8-14(12)18/h3-8,19H,1H2,2H3/p+1. The van der Waals surface area contributed by atoms with Crippen molar-refractivity contribution < 1.29 is 9.71 Å². The zero-order valence-corrected chi connectivity index (χ0v) is 11.9. The quantitative estimate of drug-likeness (QED) is 0.818. The molecule has 98 valence electrons. The maximum absolute atomic E-state index is 13.9. The molecule has 0 aliphatic rings. The zero-order chi connectivity index (χ0) is 14.0. The van der Waals surface area contributed by atoms with E-state index in [0.717, 1.165) is 16.8 Å². The van der Waals surface area contributed by atoms with E-state index in [9.17, 15) is 4.39 Å². The second kappa shape index (κ2) is 5.74. The average molecular weight is 297 g/mol. The molecule has 2 N–H and O–H groups in total. The largest absolute Gasteiger partial charge is 0.316 e. The van der Waals surface area contributed by atoms with Crippen LogP contribution in [0.25, 0.3) is 16.2 Å². The number of quaternary nitrogens is 1. The summed E-state index contributed by atoms with van der Waals surface area (Å²) in [6, 6.07) is 10.2. The van der Waals surface area contributed by atoms with E-state index in [2.05, 4.69) is 6.58 Å². The van der Waals surface area contributed by atoms with Crippen molar-refractivity contribution >= 4 is 33.9 Å². The van der Waals surface area contributed by atoms with Crippen LogP contribution in [0.15, 0.2) is 43.0 Å². The summed E-state index contributed by atoms with van der Waals surface area (Å²) in [5.74, 6) is -0.355. The predicted octanol–water partition coefficient (Wildman–Crippen LogP) is 4.18. The first-order chi connectivity index (χ1) is 9.02. The third-order valence-corrected chi connectivity index (χ3v) is 3.34. The minimum Gasteiger partial charge on any atom is -0.316 e. The van der Waals surface area contributed by atoms with Crippen LogP contribution in [0.5, 0.6) is 0 Å². The molecule has 0 saturated carbocycles. The molecular weight excluding hydrogens is 284 g/mol. The second-order valence-corrected chi connectivity index (χ2v) is 5.01. The van der Waals surface area contributed by atoms with Gasteiger partial charge in [-0.3, -0.25) is 0 Å². The monoisotopic (exact) mass is 296 g/mol. The number of halogens is 3. The molecule has 0 spiro atoms. The highest BCUT2D eigenvalue weighted by Crippen LogP contribution is 2.31. The molecule has 0 bridgehead atoms. The highest BCUT2D eigenvalue weighted by atomic mass is 35.5. The minimum atomic E-state index is -0.355. The van der Waals surface area contributed by atoms with E-state index in [1.54, 1.807) is 12.1 Å². The summed E-state index contributed by atoms with van der Waals surface area (Å²) in [6.45, 7) is 3.74. The Bertz CT molecular complexity index is 638. The molecule has 0 radical (unpaired) electrons. The van der Waals surface area contributed by atoms with Gasteiger partial charge in [-0.2, -0.15) is 0 Å². The Morgan fingerprint density at radius 3 is 2.53 bits per heavy atom. The van der Waals surface area contributed by atoms with Gasteiger partial charge in [0.15, 0.2) is 0 Å². The third kappa shape index (κ3) is 2.98. The topological polar surface area (TPSA) is 16.6 Å². The Balaban J connectivity index is 2.57.